The lowest BCUT2D eigenvalue weighted by Crippen LogP contribution is -1.98. The van der Waals surface area contributed by atoms with Gasteiger partial charge in [-0.1, -0.05) is 58.4 Å². The summed E-state index contributed by atoms with van der Waals surface area (Å²) in [5, 5.41) is 2.35. The van der Waals surface area contributed by atoms with Gasteiger partial charge in [0.05, 0.1) is 5.38 Å². The summed E-state index contributed by atoms with van der Waals surface area (Å²) in [6.45, 7) is 4.20. The highest BCUT2D eigenvalue weighted by Gasteiger charge is 2.15. The predicted octanol–water partition coefficient (Wildman–Crippen LogP) is 6.55. The van der Waals surface area contributed by atoms with Gasteiger partial charge in [0.2, 0.25) is 0 Å². The molecule has 0 aliphatic heterocycles. The largest absolute Gasteiger partial charge is 0.113 e. The third-order valence-corrected chi connectivity index (χ3v) is 5.23. The first-order chi connectivity index (χ1) is 10.1. The van der Waals surface area contributed by atoms with Crippen molar-refractivity contribution in [2.75, 3.05) is 0 Å². The molecule has 3 aromatic rings. The van der Waals surface area contributed by atoms with Crippen LogP contribution in [0.1, 0.15) is 27.6 Å². The summed E-state index contributed by atoms with van der Waals surface area (Å²) >= 11 is 10.3. The summed E-state index contributed by atoms with van der Waals surface area (Å²) in [5.41, 5.74) is 4.73. The molecule has 3 aromatic carbocycles. The molecule has 0 radical (unpaired) electrons. The highest BCUT2D eigenvalue weighted by Crippen LogP contribution is 2.34. The first-order valence-corrected chi connectivity index (χ1v) is 8.18. The van der Waals surface area contributed by atoms with Crippen molar-refractivity contribution in [3.63, 3.8) is 0 Å². The summed E-state index contributed by atoms with van der Waals surface area (Å²) in [4.78, 5) is 0. The maximum Gasteiger partial charge on any atom is 0.0838 e. The van der Waals surface area contributed by atoms with Crippen molar-refractivity contribution in [1.29, 1.82) is 0 Å². The maximum absolute atomic E-state index is 6.75. The van der Waals surface area contributed by atoms with Gasteiger partial charge in [-0.05, 0) is 59.0 Å². The van der Waals surface area contributed by atoms with Crippen molar-refractivity contribution < 1.29 is 0 Å². The number of rotatable bonds is 2. The van der Waals surface area contributed by atoms with Gasteiger partial charge < -0.3 is 0 Å². The van der Waals surface area contributed by atoms with E-state index in [2.05, 4.69) is 84.4 Å². The van der Waals surface area contributed by atoms with E-state index in [0.717, 1.165) is 10.0 Å². The summed E-state index contributed by atoms with van der Waals surface area (Å²) in [7, 11) is 0. The van der Waals surface area contributed by atoms with Crippen molar-refractivity contribution in [1.82, 2.24) is 0 Å². The van der Waals surface area contributed by atoms with Crippen LogP contribution in [0.4, 0.5) is 0 Å². The quantitative estimate of drug-likeness (QED) is 0.455. The number of halogens is 2. The number of benzene rings is 3. The van der Waals surface area contributed by atoms with Gasteiger partial charge in [-0.3, -0.25) is 0 Å². The van der Waals surface area contributed by atoms with E-state index in [1.165, 1.54) is 27.5 Å². The summed E-state index contributed by atoms with van der Waals surface area (Å²) < 4.78 is 1.13. The highest BCUT2D eigenvalue weighted by molar-refractivity contribution is 9.10. The minimum absolute atomic E-state index is 0.124. The Morgan fingerprint density at radius 1 is 0.857 bits per heavy atom. The second-order valence-corrected chi connectivity index (χ2v) is 6.72. The molecular formula is C19H16BrCl. The Kier molecular flexibility index (Phi) is 4.05. The van der Waals surface area contributed by atoms with Crippen LogP contribution in [-0.2, 0) is 0 Å². The van der Waals surface area contributed by atoms with Crippen molar-refractivity contribution in [2.45, 2.75) is 19.2 Å². The Morgan fingerprint density at radius 3 is 2.33 bits per heavy atom. The van der Waals surface area contributed by atoms with Gasteiger partial charge in [-0.15, -0.1) is 11.6 Å². The van der Waals surface area contributed by atoms with Gasteiger partial charge in [0, 0.05) is 4.47 Å². The number of hydrogen-bond donors (Lipinski definition) is 0. The first kappa shape index (κ1) is 14.6. The van der Waals surface area contributed by atoms with E-state index in [1.807, 2.05) is 0 Å². The summed E-state index contributed by atoms with van der Waals surface area (Å²) in [5.74, 6) is 0. The molecule has 0 saturated heterocycles. The molecule has 0 nitrogen and oxygen atoms in total. The van der Waals surface area contributed by atoms with Gasteiger partial charge in [0.15, 0.2) is 0 Å². The molecule has 0 bridgehead atoms. The number of aryl methyl sites for hydroxylation is 2. The van der Waals surface area contributed by atoms with E-state index in [-0.39, 0.29) is 5.38 Å². The highest BCUT2D eigenvalue weighted by atomic mass is 79.9. The zero-order valence-corrected chi connectivity index (χ0v) is 14.4. The van der Waals surface area contributed by atoms with Gasteiger partial charge in [0.25, 0.3) is 0 Å². The van der Waals surface area contributed by atoms with Crippen LogP contribution in [0.5, 0.6) is 0 Å². The molecule has 0 aromatic heterocycles. The lowest BCUT2D eigenvalue weighted by Gasteiger charge is -2.16. The van der Waals surface area contributed by atoms with Crippen molar-refractivity contribution in [2.24, 2.45) is 0 Å². The minimum Gasteiger partial charge on any atom is -0.113 e. The molecule has 2 heteroatoms. The third kappa shape index (κ3) is 2.86. The Hall–Kier alpha value is -1.31. The Bertz CT molecular complexity index is 808. The SMILES string of the molecule is Cc1cc(C(Cl)c2ccc3ccccc3c2)c(C)cc1Br. The van der Waals surface area contributed by atoms with Gasteiger partial charge in [0.1, 0.15) is 0 Å². The van der Waals surface area contributed by atoms with E-state index in [4.69, 9.17) is 11.6 Å². The molecule has 0 amide bonds. The third-order valence-electron chi connectivity index (χ3n) is 3.89. The van der Waals surface area contributed by atoms with Crippen LogP contribution in [0.15, 0.2) is 59.1 Å². The number of fused-ring (bicyclic) bond motifs is 1. The average molecular weight is 360 g/mol. The molecule has 0 aliphatic rings. The van der Waals surface area contributed by atoms with E-state index < -0.39 is 0 Å². The molecule has 1 atom stereocenters. The summed E-state index contributed by atoms with van der Waals surface area (Å²) in [6, 6.07) is 19.1. The van der Waals surface area contributed by atoms with Crippen molar-refractivity contribution in [3.8, 4) is 0 Å². The topological polar surface area (TPSA) is 0 Å². The Morgan fingerprint density at radius 2 is 1.57 bits per heavy atom. The zero-order chi connectivity index (χ0) is 15.0. The summed E-state index contributed by atoms with van der Waals surface area (Å²) in [6.07, 6.45) is 0. The average Bonchev–Trinajstić information content (AvgIpc) is 2.50. The van der Waals surface area contributed by atoms with Crippen LogP contribution < -0.4 is 0 Å². The lowest BCUT2D eigenvalue weighted by molar-refractivity contribution is 1.10. The number of alkyl halides is 1. The molecular weight excluding hydrogens is 344 g/mol. The van der Waals surface area contributed by atoms with E-state index in [1.54, 1.807) is 0 Å². The molecule has 21 heavy (non-hydrogen) atoms. The predicted molar refractivity (Wildman–Crippen MR) is 95.3 cm³/mol. The molecule has 0 aliphatic carbocycles. The van der Waals surface area contributed by atoms with E-state index in [9.17, 15) is 0 Å². The maximum atomic E-state index is 6.75. The standard InChI is InChI=1S/C19H16BrCl/c1-12-10-18(20)13(2)9-17(12)19(21)16-8-7-14-5-3-4-6-15(14)11-16/h3-11,19H,1-2H3. The van der Waals surface area contributed by atoms with Crippen LogP contribution in [0.3, 0.4) is 0 Å². The molecule has 3 rings (SSSR count). The fourth-order valence-electron chi connectivity index (χ4n) is 2.62. The van der Waals surface area contributed by atoms with Crippen LogP contribution in [0.2, 0.25) is 0 Å². The van der Waals surface area contributed by atoms with E-state index in [0.29, 0.717) is 0 Å². The molecule has 1 unspecified atom stereocenters. The minimum atomic E-state index is -0.124. The van der Waals surface area contributed by atoms with Gasteiger partial charge >= 0.3 is 0 Å². The van der Waals surface area contributed by atoms with Crippen LogP contribution in [-0.4, -0.2) is 0 Å². The van der Waals surface area contributed by atoms with Crippen LogP contribution >= 0.6 is 27.5 Å². The van der Waals surface area contributed by atoms with E-state index >= 15 is 0 Å². The molecule has 0 N–H and O–H groups in total. The Balaban J connectivity index is 2.07. The van der Waals surface area contributed by atoms with Crippen LogP contribution in [0.25, 0.3) is 10.8 Å². The second kappa shape index (κ2) is 5.82. The molecule has 106 valence electrons. The Labute approximate surface area is 138 Å². The lowest BCUT2D eigenvalue weighted by atomic mass is 9.96. The zero-order valence-electron chi connectivity index (χ0n) is 12.0. The van der Waals surface area contributed by atoms with Crippen molar-refractivity contribution in [3.05, 3.63) is 81.3 Å². The second-order valence-electron chi connectivity index (χ2n) is 5.43. The fourth-order valence-corrected chi connectivity index (χ4v) is 3.45. The van der Waals surface area contributed by atoms with Crippen LogP contribution in [0, 0.1) is 13.8 Å². The monoisotopic (exact) mass is 358 g/mol. The molecule has 0 heterocycles. The molecule has 0 fully saturated rings. The molecule has 0 spiro atoms. The van der Waals surface area contributed by atoms with Crippen molar-refractivity contribution >= 4 is 38.3 Å². The first-order valence-electron chi connectivity index (χ1n) is 6.95. The number of hydrogen-bond acceptors (Lipinski definition) is 0. The van der Waals surface area contributed by atoms with Gasteiger partial charge in [-0.25, -0.2) is 0 Å². The normalized spacial score (nSPS) is 12.6. The fraction of sp³-hybridized carbons (Fsp3) is 0.158. The smallest absolute Gasteiger partial charge is 0.0838 e. The van der Waals surface area contributed by atoms with Gasteiger partial charge in [-0.2, -0.15) is 0 Å². The molecule has 0 saturated carbocycles.